The van der Waals surface area contributed by atoms with Gasteiger partial charge in [-0.1, -0.05) is 36.4 Å². The molecule has 0 radical (unpaired) electrons. The zero-order chi connectivity index (χ0) is 24.9. The van der Waals surface area contributed by atoms with Gasteiger partial charge in [0.25, 0.3) is 0 Å². The number of hydrogen-bond acceptors (Lipinski definition) is 2. The van der Waals surface area contributed by atoms with Crippen LogP contribution in [-0.2, 0) is 47.3 Å². The average molecular weight is 995 g/mol. The third kappa shape index (κ3) is 10.8. The Balaban J connectivity index is -0.00000241. The molecule has 0 aliphatic carbocycles. The number of hydrogen-bond donors (Lipinski definition) is 0. The molecule has 0 fully saturated rings. The second kappa shape index (κ2) is 21.1. The molecule has 0 bridgehead atoms. The summed E-state index contributed by atoms with van der Waals surface area (Å²) in [4.78, 5) is 9.11. The van der Waals surface area contributed by atoms with E-state index in [1.165, 1.54) is 44.8 Å². The molecule has 0 N–H and O–H groups in total. The van der Waals surface area contributed by atoms with Crippen molar-refractivity contribution < 1.29 is 109 Å². The van der Waals surface area contributed by atoms with Crippen LogP contribution in [0.3, 0.4) is 0 Å². The van der Waals surface area contributed by atoms with Gasteiger partial charge in [-0.05, 0) is 103 Å². The summed E-state index contributed by atoms with van der Waals surface area (Å²) < 4.78 is 4.34. The van der Waals surface area contributed by atoms with E-state index in [0.717, 1.165) is 18.1 Å². The molecule has 0 aliphatic rings. The fourth-order valence-electron chi connectivity index (χ4n) is 5.04. The first kappa shape index (κ1) is 44.8. The van der Waals surface area contributed by atoms with Gasteiger partial charge < -0.3 is 67.9 Å². The van der Waals surface area contributed by atoms with Crippen LogP contribution in [0.5, 0.6) is 0 Å². The summed E-state index contributed by atoms with van der Waals surface area (Å²) >= 11 is 0. The van der Waals surface area contributed by atoms with Crippen molar-refractivity contribution in [2.45, 2.75) is 48.0 Å². The van der Waals surface area contributed by atoms with Crippen LogP contribution >= 0.6 is 0 Å². The fraction of sp³-hybridized carbons (Fsp3) is 0.226. The van der Waals surface area contributed by atoms with E-state index in [9.17, 15) is 0 Å². The van der Waals surface area contributed by atoms with E-state index in [1.807, 2.05) is 48.8 Å². The Morgan fingerprint density at radius 3 is 1.12 bits per heavy atom. The molecule has 41 heavy (non-hydrogen) atoms. The SMILES string of the molecule is CC=[N+](c1ccccn1)c1c(C)cc(Cc2cc(C)c([N+](=CC)c3ccccn3)c(C)c2)cc1C.[Br-].[Br-].[Br-].[Br-].[Pd+2].[Pd+2]. The Hall–Kier alpha value is -0.675. The van der Waals surface area contributed by atoms with Gasteiger partial charge in [-0.3, -0.25) is 0 Å². The standard InChI is InChI=1S/C31H34N4.4BrH.2Pd/c1-7-34(28-13-9-11-15-32-28)30-22(3)17-26(18-23(30)4)21-27-19-24(5)31(25(6)20-27)35(8-2)29-14-10-12-16-33-29;;;;;;/h7-20H,21H2,1-6H3;4*1H;;/q+2;;;;;2*+2/p-4. The van der Waals surface area contributed by atoms with Crippen molar-refractivity contribution in [2.75, 3.05) is 0 Å². The van der Waals surface area contributed by atoms with E-state index in [0.29, 0.717) is 0 Å². The predicted molar refractivity (Wildman–Crippen MR) is 149 cm³/mol. The average Bonchev–Trinajstić information content (AvgIpc) is 2.84. The van der Waals surface area contributed by atoms with Crippen molar-refractivity contribution in [3.8, 4) is 0 Å². The van der Waals surface area contributed by atoms with Crippen LogP contribution in [0.25, 0.3) is 0 Å². The van der Waals surface area contributed by atoms with Crippen LogP contribution in [-0.4, -0.2) is 22.4 Å². The van der Waals surface area contributed by atoms with Crippen molar-refractivity contribution in [1.82, 2.24) is 19.1 Å². The van der Waals surface area contributed by atoms with Gasteiger partial charge in [0.2, 0.25) is 0 Å². The van der Waals surface area contributed by atoms with Crippen LogP contribution in [0.2, 0.25) is 0 Å². The molecule has 0 unspecified atom stereocenters. The smallest absolute Gasteiger partial charge is 1.00 e. The molecule has 10 heteroatoms. The van der Waals surface area contributed by atoms with Gasteiger partial charge in [-0.25, -0.2) is 9.15 Å². The molecular formula is C31H34Br4N4Pd2+2. The molecule has 4 aromatic rings. The molecule has 0 aliphatic heterocycles. The number of nitrogens with zero attached hydrogens (tertiary/aromatic N) is 4. The summed E-state index contributed by atoms with van der Waals surface area (Å²) in [6.07, 6.45) is 8.74. The second-order valence-corrected chi connectivity index (χ2v) is 8.97. The van der Waals surface area contributed by atoms with Gasteiger partial charge in [0.05, 0.1) is 12.4 Å². The first-order chi connectivity index (χ1) is 16.9. The van der Waals surface area contributed by atoms with Gasteiger partial charge >= 0.3 is 52.5 Å². The Kier molecular flexibility index (Phi) is 23.0. The minimum absolute atomic E-state index is 0. The van der Waals surface area contributed by atoms with Crippen LogP contribution in [0, 0.1) is 27.7 Å². The molecule has 0 saturated heterocycles. The number of benzene rings is 2. The maximum Gasteiger partial charge on any atom is 2.00 e. The van der Waals surface area contributed by atoms with Crippen LogP contribution < -0.4 is 77.1 Å². The molecular weight excluding hydrogens is 961 g/mol. The Morgan fingerprint density at radius 2 is 0.878 bits per heavy atom. The minimum atomic E-state index is 0. The minimum Gasteiger partial charge on any atom is -1.00 e. The predicted octanol–water partition coefficient (Wildman–Crippen LogP) is -4.84. The normalized spacial score (nSPS) is 10.4. The number of aromatic nitrogens is 2. The van der Waals surface area contributed by atoms with E-state index >= 15 is 0 Å². The Labute approximate surface area is 314 Å². The Bertz CT molecular complexity index is 1280. The van der Waals surface area contributed by atoms with E-state index in [1.54, 1.807) is 0 Å². The van der Waals surface area contributed by atoms with E-state index in [4.69, 9.17) is 0 Å². The van der Waals surface area contributed by atoms with E-state index in [2.05, 4.69) is 97.4 Å². The summed E-state index contributed by atoms with van der Waals surface area (Å²) in [5, 5.41) is 0. The third-order valence-corrected chi connectivity index (χ3v) is 6.30. The second-order valence-electron chi connectivity index (χ2n) is 8.97. The number of rotatable bonds is 6. The molecule has 0 amide bonds. The topological polar surface area (TPSA) is 31.8 Å². The zero-order valence-electron chi connectivity index (χ0n) is 23.7. The van der Waals surface area contributed by atoms with Crippen LogP contribution in [0.1, 0.15) is 47.2 Å². The number of pyridine rings is 2. The summed E-state index contributed by atoms with van der Waals surface area (Å²) in [7, 11) is 0. The molecule has 224 valence electrons. The molecule has 4 rings (SSSR count). The van der Waals surface area contributed by atoms with Gasteiger partial charge in [0.1, 0.15) is 23.8 Å². The van der Waals surface area contributed by atoms with Gasteiger partial charge in [0.15, 0.2) is 0 Å². The van der Waals surface area contributed by atoms with Crippen molar-refractivity contribution >= 4 is 35.4 Å². The van der Waals surface area contributed by atoms with Crippen molar-refractivity contribution in [2.24, 2.45) is 0 Å². The fourth-order valence-corrected chi connectivity index (χ4v) is 5.04. The largest absolute Gasteiger partial charge is 2.00 e. The summed E-state index contributed by atoms with van der Waals surface area (Å²) in [5.74, 6) is 1.86. The molecule has 2 aromatic carbocycles. The van der Waals surface area contributed by atoms with Crippen molar-refractivity contribution in [3.05, 3.63) is 106 Å². The zero-order valence-corrected chi connectivity index (χ0v) is 33.2. The molecule has 0 atom stereocenters. The van der Waals surface area contributed by atoms with Gasteiger partial charge in [-0.15, -0.1) is 0 Å². The quantitative estimate of drug-likeness (QED) is 0.111. The van der Waals surface area contributed by atoms with Crippen LogP contribution in [0.15, 0.2) is 73.1 Å². The number of aryl methyl sites for hydroxylation is 4. The molecule has 2 aromatic heterocycles. The first-order valence-corrected chi connectivity index (χ1v) is 12.1. The van der Waals surface area contributed by atoms with Crippen LogP contribution in [0.4, 0.5) is 23.0 Å². The monoisotopic (exact) mass is 990 g/mol. The van der Waals surface area contributed by atoms with Gasteiger partial charge in [-0.2, -0.15) is 0 Å². The van der Waals surface area contributed by atoms with Crippen molar-refractivity contribution in [1.29, 1.82) is 0 Å². The molecule has 0 saturated carbocycles. The third-order valence-electron chi connectivity index (χ3n) is 6.30. The number of halogens is 4. The van der Waals surface area contributed by atoms with E-state index in [-0.39, 0.29) is 109 Å². The summed E-state index contributed by atoms with van der Waals surface area (Å²) in [5.41, 5.74) is 10.0. The van der Waals surface area contributed by atoms with Crippen molar-refractivity contribution in [3.63, 3.8) is 0 Å². The van der Waals surface area contributed by atoms with Gasteiger partial charge in [0, 0.05) is 12.1 Å². The molecule has 0 spiro atoms. The summed E-state index contributed by atoms with van der Waals surface area (Å²) in [6.45, 7) is 12.9. The molecule has 4 nitrogen and oxygen atoms in total. The molecule has 2 heterocycles. The maximum absolute atomic E-state index is 4.55. The first-order valence-electron chi connectivity index (χ1n) is 12.1. The van der Waals surface area contributed by atoms with E-state index < -0.39 is 0 Å². The Morgan fingerprint density at radius 1 is 0.561 bits per heavy atom. The maximum atomic E-state index is 4.55. The summed E-state index contributed by atoms with van der Waals surface area (Å²) in [6, 6.07) is 21.3.